The van der Waals surface area contributed by atoms with Gasteiger partial charge in [0, 0.05) is 52.2 Å². The van der Waals surface area contributed by atoms with Crippen molar-refractivity contribution in [2.45, 2.75) is 33.0 Å². The highest BCUT2D eigenvalue weighted by Crippen LogP contribution is 2.07. The molecule has 0 unspecified atom stereocenters. The van der Waals surface area contributed by atoms with Crippen molar-refractivity contribution in [2.75, 3.05) is 39.4 Å². The monoisotopic (exact) mass is 244 g/mol. The van der Waals surface area contributed by atoms with Gasteiger partial charge in [-0.25, -0.2) is 0 Å². The molecule has 0 aromatic carbocycles. The van der Waals surface area contributed by atoms with Crippen molar-refractivity contribution in [2.24, 2.45) is 0 Å². The zero-order valence-corrected chi connectivity index (χ0v) is 10.9. The maximum absolute atomic E-state index is 11.9. The summed E-state index contributed by atoms with van der Waals surface area (Å²) < 4.78 is 10.8. The molecule has 1 N–H and O–H groups in total. The van der Waals surface area contributed by atoms with E-state index in [4.69, 9.17) is 9.47 Å². The number of carbonyl (C=O) groups is 1. The van der Waals surface area contributed by atoms with Crippen LogP contribution < -0.4 is 5.32 Å². The lowest BCUT2D eigenvalue weighted by Crippen LogP contribution is -2.46. The van der Waals surface area contributed by atoms with Gasteiger partial charge in [-0.1, -0.05) is 0 Å². The van der Waals surface area contributed by atoms with Gasteiger partial charge in [0.15, 0.2) is 6.29 Å². The van der Waals surface area contributed by atoms with Crippen LogP contribution in [0.5, 0.6) is 0 Å². The van der Waals surface area contributed by atoms with E-state index in [2.05, 4.69) is 5.32 Å². The molecule has 1 saturated heterocycles. The molecular formula is C12H24N2O3. The lowest BCUT2D eigenvalue weighted by Gasteiger charge is -2.28. The number of nitrogens with zero attached hydrogens (tertiary/aromatic N) is 1. The number of ether oxygens (including phenoxy) is 2. The van der Waals surface area contributed by atoms with E-state index in [1.807, 2.05) is 18.7 Å². The highest BCUT2D eigenvalue weighted by molar-refractivity contribution is 5.76. The minimum absolute atomic E-state index is 0.205. The predicted molar refractivity (Wildman–Crippen MR) is 65.7 cm³/mol. The smallest absolute Gasteiger partial charge is 0.222 e. The number of piperazine rings is 1. The van der Waals surface area contributed by atoms with Gasteiger partial charge in [0.05, 0.1) is 0 Å². The van der Waals surface area contributed by atoms with Gasteiger partial charge >= 0.3 is 0 Å². The molecule has 0 spiro atoms. The summed E-state index contributed by atoms with van der Waals surface area (Å²) >= 11 is 0. The van der Waals surface area contributed by atoms with Gasteiger partial charge in [-0.15, -0.1) is 0 Å². The number of amides is 1. The van der Waals surface area contributed by atoms with Gasteiger partial charge in [-0.3, -0.25) is 4.79 Å². The molecular weight excluding hydrogens is 220 g/mol. The standard InChI is InChI=1S/C12H24N2O3/c1-3-16-12(17-4-2)6-5-11(15)14-9-7-13-8-10-14/h12-13H,3-10H2,1-2H3. The van der Waals surface area contributed by atoms with Gasteiger partial charge in [0.1, 0.15) is 0 Å². The second-order valence-electron chi connectivity index (χ2n) is 4.01. The first-order valence-electron chi connectivity index (χ1n) is 6.49. The molecule has 1 heterocycles. The third-order valence-corrected chi connectivity index (χ3v) is 2.77. The Hall–Kier alpha value is -0.650. The maximum atomic E-state index is 11.9. The second kappa shape index (κ2) is 8.44. The Balaban J connectivity index is 2.24. The Morgan fingerprint density at radius 2 is 1.82 bits per heavy atom. The van der Waals surface area contributed by atoms with Crippen molar-refractivity contribution in [1.82, 2.24) is 10.2 Å². The van der Waals surface area contributed by atoms with Crippen LogP contribution in [0.3, 0.4) is 0 Å². The molecule has 0 aliphatic carbocycles. The molecule has 0 radical (unpaired) electrons. The zero-order valence-electron chi connectivity index (χ0n) is 10.9. The summed E-state index contributed by atoms with van der Waals surface area (Å²) in [5.41, 5.74) is 0. The first-order chi connectivity index (χ1) is 8.27. The number of hydrogen-bond acceptors (Lipinski definition) is 4. The fourth-order valence-electron chi connectivity index (χ4n) is 1.90. The first kappa shape index (κ1) is 14.4. The third-order valence-electron chi connectivity index (χ3n) is 2.77. The Kier molecular flexibility index (Phi) is 7.16. The molecule has 5 nitrogen and oxygen atoms in total. The van der Waals surface area contributed by atoms with Crippen LogP contribution in [0.1, 0.15) is 26.7 Å². The first-order valence-corrected chi connectivity index (χ1v) is 6.49. The molecule has 0 atom stereocenters. The zero-order chi connectivity index (χ0) is 12.5. The van der Waals surface area contributed by atoms with Gasteiger partial charge < -0.3 is 19.7 Å². The average molecular weight is 244 g/mol. The summed E-state index contributed by atoms with van der Waals surface area (Å²) in [6.45, 7) is 8.52. The third kappa shape index (κ3) is 5.48. The van der Waals surface area contributed by atoms with E-state index in [1.165, 1.54) is 0 Å². The van der Waals surface area contributed by atoms with Crippen LogP contribution in [0, 0.1) is 0 Å². The van der Waals surface area contributed by atoms with E-state index in [0.29, 0.717) is 26.1 Å². The van der Waals surface area contributed by atoms with Crippen molar-refractivity contribution in [3.63, 3.8) is 0 Å². The van der Waals surface area contributed by atoms with E-state index in [-0.39, 0.29) is 12.2 Å². The molecule has 5 heteroatoms. The van der Waals surface area contributed by atoms with Crippen molar-refractivity contribution in [1.29, 1.82) is 0 Å². The largest absolute Gasteiger partial charge is 0.353 e. The van der Waals surface area contributed by atoms with Crippen LogP contribution in [0.2, 0.25) is 0 Å². The summed E-state index contributed by atoms with van der Waals surface area (Å²) in [5, 5.41) is 3.23. The molecule has 0 aromatic rings. The fourth-order valence-corrected chi connectivity index (χ4v) is 1.90. The minimum Gasteiger partial charge on any atom is -0.353 e. The summed E-state index contributed by atoms with van der Waals surface area (Å²) in [6, 6.07) is 0. The Morgan fingerprint density at radius 3 is 2.35 bits per heavy atom. The highest BCUT2D eigenvalue weighted by atomic mass is 16.7. The van der Waals surface area contributed by atoms with Crippen molar-refractivity contribution in [3.05, 3.63) is 0 Å². The Labute approximate surface area is 103 Å². The maximum Gasteiger partial charge on any atom is 0.222 e. The van der Waals surface area contributed by atoms with Gasteiger partial charge in [-0.05, 0) is 13.8 Å². The van der Waals surface area contributed by atoms with Crippen LogP contribution >= 0.6 is 0 Å². The van der Waals surface area contributed by atoms with Crippen molar-refractivity contribution in [3.8, 4) is 0 Å². The van der Waals surface area contributed by atoms with Gasteiger partial charge in [-0.2, -0.15) is 0 Å². The molecule has 0 bridgehead atoms. The van der Waals surface area contributed by atoms with Crippen LogP contribution in [-0.2, 0) is 14.3 Å². The van der Waals surface area contributed by atoms with Crippen LogP contribution in [0.15, 0.2) is 0 Å². The number of hydrogen-bond donors (Lipinski definition) is 1. The second-order valence-corrected chi connectivity index (χ2v) is 4.01. The van der Waals surface area contributed by atoms with Crippen molar-refractivity contribution >= 4 is 5.91 Å². The minimum atomic E-state index is -0.239. The SMILES string of the molecule is CCOC(CCC(=O)N1CCNCC1)OCC. The van der Waals surface area contributed by atoms with Gasteiger partial charge in [0.2, 0.25) is 5.91 Å². The number of rotatable bonds is 7. The van der Waals surface area contributed by atoms with E-state index in [9.17, 15) is 4.79 Å². The molecule has 1 rings (SSSR count). The van der Waals surface area contributed by atoms with Crippen molar-refractivity contribution < 1.29 is 14.3 Å². The molecule has 17 heavy (non-hydrogen) atoms. The molecule has 1 fully saturated rings. The Morgan fingerprint density at radius 1 is 1.24 bits per heavy atom. The molecule has 1 aliphatic heterocycles. The lowest BCUT2D eigenvalue weighted by atomic mass is 10.2. The predicted octanol–water partition coefficient (Wildman–Crippen LogP) is 0.598. The normalized spacial score (nSPS) is 16.5. The summed E-state index contributed by atoms with van der Waals surface area (Å²) in [7, 11) is 0. The number of carbonyl (C=O) groups excluding carboxylic acids is 1. The van der Waals surface area contributed by atoms with E-state index in [1.54, 1.807) is 0 Å². The Bertz CT molecular complexity index is 212. The lowest BCUT2D eigenvalue weighted by molar-refractivity contribution is -0.149. The topological polar surface area (TPSA) is 50.8 Å². The van der Waals surface area contributed by atoms with E-state index in [0.717, 1.165) is 26.2 Å². The van der Waals surface area contributed by atoms with Crippen LogP contribution in [0.25, 0.3) is 0 Å². The average Bonchev–Trinajstić information content (AvgIpc) is 2.37. The highest BCUT2D eigenvalue weighted by Gasteiger charge is 2.18. The van der Waals surface area contributed by atoms with E-state index < -0.39 is 0 Å². The molecule has 1 aliphatic rings. The molecule has 1 amide bonds. The van der Waals surface area contributed by atoms with Gasteiger partial charge in [0.25, 0.3) is 0 Å². The van der Waals surface area contributed by atoms with Crippen LogP contribution in [-0.4, -0.2) is 56.5 Å². The quantitative estimate of drug-likeness (QED) is 0.666. The summed E-state index contributed by atoms with van der Waals surface area (Å²) in [4.78, 5) is 13.8. The summed E-state index contributed by atoms with van der Waals surface area (Å²) in [6.07, 6.45) is 0.909. The number of nitrogens with one attached hydrogen (secondary N) is 1. The molecule has 0 saturated carbocycles. The van der Waals surface area contributed by atoms with Crippen LogP contribution in [0.4, 0.5) is 0 Å². The summed E-state index contributed by atoms with van der Waals surface area (Å²) in [5.74, 6) is 0.205. The fraction of sp³-hybridized carbons (Fsp3) is 0.917. The van der Waals surface area contributed by atoms with E-state index >= 15 is 0 Å². The molecule has 100 valence electrons. The molecule has 0 aromatic heterocycles.